The maximum atomic E-state index is 9.82. The van der Waals surface area contributed by atoms with E-state index in [2.05, 4.69) is 15.1 Å². The van der Waals surface area contributed by atoms with Crippen molar-refractivity contribution in [1.82, 2.24) is 15.1 Å². The van der Waals surface area contributed by atoms with E-state index in [1.54, 1.807) is 0 Å². The fourth-order valence-electron chi connectivity index (χ4n) is 2.13. The number of phenols is 1. The van der Waals surface area contributed by atoms with Crippen molar-refractivity contribution in [2.75, 3.05) is 5.73 Å². The van der Waals surface area contributed by atoms with E-state index < -0.39 is 0 Å². The maximum Gasteiger partial charge on any atom is 0.270 e. The first-order chi connectivity index (χ1) is 9.95. The molecule has 0 saturated heterocycles. The summed E-state index contributed by atoms with van der Waals surface area (Å²) in [6.07, 6.45) is 0. The Morgan fingerprint density at radius 3 is 2.38 bits per heavy atom. The van der Waals surface area contributed by atoms with E-state index in [1.165, 1.54) is 11.3 Å². The van der Waals surface area contributed by atoms with Gasteiger partial charge in [-0.25, -0.2) is 4.98 Å². The summed E-state index contributed by atoms with van der Waals surface area (Å²) in [6, 6.07) is 3.65. The van der Waals surface area contributed by atoms with E-state index in [1.807, 2.05) is 32.9 Å². The second-order valence-corrected chi connectivity index (χ2v) is 5.88. The Morgan fingerprint density at radius 2 is 1.81 bits per heavy atom. The number of aryl methyl sites for hydroxylation is 3. The second-order valence-electron chi connectivity index (χ2n) is 4.85. The number of hydrogen-bond acceptors (Lipinski definition) is 7. The summed E-state index contributed by atoms with van der Waals surface area (Å²) in [4.78, 5) is 9.31. The Bertz CT molecular complexity index is 799. The van der Waals surface area contributed by atoms with E-state index in [0.717, 1.165) is 27.3 Å². The number of nitrogens with zero attached hydrogens (tertiary/aromatic N) is 3. The van der Waals surface area contributed by atoms with E-state index in [-0.39, 0.29) is 5.75 Å². The quantitative estimate of drug-likeness (QED) is 0.755. The predicted molar refractivity (Wildman–Crippen MR) is 81.1 cm³/mol. The molecule has 0 amide bonds. The van der Waals surface area contributed by atoms with Crippen molar-refractivity contribution in [1.29, 1.82) is 0 Å². The van der Waals surface area contributed by atoms with Gasteiger partial charge in [0.1, 0.15) is 10.6 Å². The van der Waals surface area contributed by atoms with Gasteiger partial charge in [0.15, 0.2) is 5.13 Å². The number of nitrogens with two attached hydrogens (primary N) is 1. The first-order valence-corrected chi connectivity index (χ1v) is 7.15. The van der Waals surface area contributed by atoms with Crippen LogP contribution in [0.3, 0.4) is 0 Å². The molecule has 3 aromatic rings. The number of aromatic nitrogens is 3. The Labute approximate surface area is 125 Å². The standard InChI is InChI=1S/C14H14N4O2S/c1-6-4-9(5-7(2)10(6)19)12-17-13(20-18-12)11-8(3)16-14(15)21-11/h4-5,19H,1-3H3,(H2,15,16). The number of phenolic OH excluding ortho intramolecular Hbond substituents is 1. The zero-order valence-electron chi connectivity index (χ0n) is 11.8. The van der Waals surface area contributed by atoms with Gasteiger partial charge in [-0.2, -0.15) is 4.98 Å². The number of anilines is 1. The molecule has 0 radical (unpaired) electrons. The summed E-state index contributed by atoms with van der Waals surface area (Å²) in [7, 11) is 0. The van der Waals surface area contributed by atoms with Crippen LogP contribution in [0.1, 0.15) is 16.8 Å². The zero-order valence-corrected chi connectivity index (χ0v) is 12.7. The van der Waals surface area contributed by atoms with Gasteiger partial charge in [0.2, 0.25) is 5.82 Å². The van der Waals surface area contributed by atoms with Crippen LogP contribution in [0.15, 0.2) is 16.7 Å². The van der Waals surface area contributed by atoms with Crippen molar-refractivity contribution in [3.63, 3.8) is 0 Å². The first kappa shape index (κ1) is 13.6. The largest absolute Gasteiger partial charge is 0.507 e. The molecule has 6 nitrogen and oxygen atoms in total. The van der Waals surface area contributed by atoms with Gasteiger partial charge in [-0.05, 0) is 44.0 Å². The first-order valence-electron chi connectivity index (χ1n) is 6.33. The minimum Gasteiger partial charge on any atom is -0.507 e. The van der Waals surface area contributed by atoms with Crippen LogP contribution in [0.2, 0.25) is 0 Å². The second kappa shape index (κ2) is 4.85. The highest BCUT2D eigenvalue weighted by Crippen LogP contribution is 2.32. The number of benzene rings is 1. The number of thiazole rings is 1. The maximum absolute atomic E-state index is 9.82. The third-order valence-electron chi connectivity index (χ3n) is 3.18. The molecule has 2 aromatic heterocycles. The summed E-state index contributed by atoms with van der Waals surface area (Å²) in [5.41, 5.74) is 8.79. The van der Waals surface area contributed by atoms with Gasteiger partial charge < -0.3 is 15.4 Å². The summed E-state index contributed by atoms with van der Waals surface area (Å²) in [5.74, 6) is 1.16. The third-order valence-corrected chi connectivity index (χ3v) is 4.16. The molecule has 21 heavy (non-hydrogen) atoms. The van der Waals surface area contributed by atoms with Crippen LogP contribution in [0, 0.1) is 20.8 Å². The Morgan fingerprint density at radius 1 is 1.14 bits per heavy atom. The summed E-state index contributed by atoms with van der Waals surface area (Å²) in [6.45, 7) is 5.52. The minimum atomic E-state index is 0.286. The molecule has 0 aliphatic rings. The molecule has 108 valence electrons. The monoisotopic (exact) mass is 302 g/mol. The Kier molecular flexibility index (Phi) is 3.13. The Balaban J connectivity index is 2.04. The molecule has 0 aliphatic heterocycles. The molecule has 2 heterocycles. The number of nitrogen functional groups attached to an aromatic ring is 1. The molecule has 0 aliphatic carbocycles. The van der Waals surface area contributed by atoms with Gasteiger partial charge in [0, 0.05) is 5.56 Å². The van der Waals surface area contributed by atoms with Crippen LogP contribution < -0.4 is 5.73 Å². The van der Waals surface area contributed by atoms with E-state index in [4.69, 9.17) is 10.3 Å². The molecule has 3 N–H and O–H groups in total. The summed E-state index contributed by atoms with van der Waals surface area (Å²) >= 11 is 1.32. The van der Waals surface area contributed by atoms with E-state index >= 15 is 0 Å². The fourth-order valence-corrected chi connectivity index (χ4v) is 2.89. The molecule has 7 heteroatoms. The molecule has 3 rings (SSSR count). The van der Waals surface area contributed by atoms with Crippen molar-refractivity contribution < 1.29 is 9.63 Å². The van der Waals surface area contributed by atoms with Crippen molar-refractivity contribution in [3.05, 3.63) is 29.0 Å². The lowest BCUT2D eigenvalue weighted by Gasteiger charge is -2.04. The van der Waals surface area contributed by atoms with Crippen molar-refractivity contribution in [3.8, 4) is 27.9 Å². The lowest BCUT2D eigenvalue weighted by molar-refractivity contribution is 0.433. The lowest BCUT2D eigenvalue weighted by atomic mass is 10.1. The molecule has 0 spiro atoms. The topological polar surface area (TPSA) is 98.1 Å². The van der Waals surface area contributed by atoms with Crippen LogP contribution in [0.5, 0.6) is 5.75 Å². The molecule has 0 bridgehead atoms. The predicted octanol–water partition coefficient (Wildman–Crippen LogP) is 3.07. The van der Waals surface area contributed by atoms with E-state index in [0.29, 0.717) is 16.8 Å². The summed E-state index contributed by atoms with van der Waals surface area (Å²) < 4.78 is 5.30. The average molecular weight is 302 g/mol. The zero-order chi connectivity index (χ0) is 15.1. The third kappa shape index (κ3) is 2.36. The highest BCUT2D eigenvalue weighted by atomic mass is 32.1. The van der Waals surface area contributed by atoms with Gasteiger partial charge in [-0.1, -0.05) is 16.5 Å². The molecule has 0 saturated carbocycles. The highest BCUT2D eigenvalue weighted by Gasteiger charge is 2.17. The normalized spacial score (nSPS) is 11.0. The minimum absolute atomic E-state index is 0.286. The van der Waals surface area contributed by atoms with Crippen molar-refractivity contribution in [2.24, 2.45) is 0 Å². The van der Waals surface area contributed by atoms with Gasteiger partial charge in [-0.15, -0.1) is 0 Å². The number of aromatic hydroxyl groups is 1. The van der Waals surface area contributed by atoms with Crippen LogP contribution in [0.4, 0.5) is 5.13 Å². The molecule has 0 fully saturated rings. The molecule has 0 atom stereocenters. The van der Waals surface area contributed by atoms with Crippen LogP contribution in [0.25, 0.3) is 22.2 Å². The van der Waals surface area contributed by atoms with Gasteiger partial charge in [0.05, 0.1) is 5.69 Å². The van der Waals surface area contributed by atoms with Gasteiger partial charge >= 0.3 is 0 Å². The molecule has 1 aromatic carbocycles. The van der Waals surface area contributed by atoms with Crippen molar-refractivity contribution in [2.45, 2.75) is 20.8 Å². The lowest BCUT2D eigenvalue weighted by Crippen LogP contribution is -1.86. The Hall–Kier alpha value is -2.41. The van der Waals surface area contributed by atoms with Gasteiger partial charge in [0.25, 0.3) is 5.89 Å². The molecular weight excluding hydrogens is 288 g/mol. The SMILES string of the molecule is Cc1cc(-c2noc(-c3sc(N)nc3C)n2)cc(C)c1O. The van der Waals surface area contributed by atoms with Gasteiger partial charge in [-0.3, -0.25) is 0 Å². The van der Waals surface area contributed by atoms with Crippen molar-refractivity contribution >= 4 is 16.5 Å². The van der Waals surface area contributed by atoms with E-state index in [9.17, 15) is 5.11 Å². The average Bonchev–Trinajstić information content (AvgIpc) is 3.02. The number of rotatable bonds is 2. The number of hydrogen-bond donors (Lipinski definition) is 2. The molecular formula is C14H14N4O2S. The highest BCUT2D eigenvalue weighted by molar-refractivity contribution is 7.18. The smallest absolute Gasteiger partial charge is 0.270 e. The summed E-state index contributed by atoms with van der Waals surface area (Å²) in [5, 5.41) is 14.3. The van der Waals surface area contributed by atoms with Crippen LogP contribution in [-0.2, 0) is 0 Å². The molecule has 0 unspecified atom stereocenters. The van der Waals surface area contributed by atoms with Crippen LogP contribution in [-0.4, -0.2) is 20.2 Å². The van der Waals surface area contributed by atoms with Crippen LogP contribution >= 0.6 is 11.3 Å². The fraction of sp³-hybridized carbons (Fsp3) is 0.214.